The molecule has 0 radical (unpaired) electrons. The number of hydrogen-bond donors (Lipinski definition) is 1. The highest BCUT2D eigenvalue weighted by Crippen LogP contribution is 1.92. The van der Waals surface area contributed by atoms with Gasteiger partial charge in [0, 0.05) is 39.6 Å². The Morgan fingerprint density at radius 1 is 1.38 bits per heavy atom. The molecule has 1 aromatic rings. The highest BCUT2D eigenvalue weighted by Gasteiger charge is 2.10. The summed E-state index contributed by atoms with van der Waals surface area (Å²) in [5.74, 6) is 0. The van der Waals surface area contributed by atoms with Crippen LogP contribution in [0.25, 0.3) is 0 Å². The smallest absolute Gasteiger partial charge is 0.317 e. The molecular weight excluding hydrogens is 208 g/mol. The number of nitrogens with one attached hydrogen (secondary N) is 1. The summed E-state index contributed by atoms with van der Waals surface area (Å²) >= 11 is 0. The van der Waals surface area contributed by atoms with Crippen LogP contribution in [0.4, 0.5) is 4.79 Å². The Labute approximate surface area is 93.9 Å². The Hall–Kier alpha value is -1.85. The minimum Gasteiger partial charge on any atom is -0.338 e. The monoisotopic (exact) mass is 224 g/mol. The van der Waals surface area contributed by atoms with Crippen molar-refractivity contribution in [2.24, 2.45) is 7.05 Å². The molecule has 0 unspecified atom stereocenters. The van der Waals surface area contributed by atoms with Crippen molar-refractivity contribution in [1.82, 2.24) is 19.8 Å². The van der Waals surface area contributed by atoms with E-state index in [2.05, 4.69) is 10.3 Å². The predicted octanol–water partition coefficient (Wildman–Crippen LogP) is -0.188. The first-order valence-corrected chi connectivity index (χ1v) is 5.07. The lowest BCUT2D eigenvalue weighted by molar-refractivity contribution is 0.199. The van der Waals surface area contributed by atoms with Gasteiger partial charge in [0.25, 0.3) is 5.56 Å². The summed E-state index contributed by atoms with van der Waals surface area (Å²) in [4.78, 5) is 26.4. The first-order chi connectivity index (χ1) is 7.61. The van der Waals surface area contributed by atoms with Crippen LogP contribution in [0, 0.1) is 0 Å². The molecule has 1 aliphatic heterocycles. The largest absolute Gasteiger partial charge is 0.338 e. The van der Waals surface area contributed by atoms with E-state index in [0.717, 1.165) is 19.5 Å². The van der Waals surface area contributed by atoms with Crippen LogP contribution in [-0.2, 0) is 7.05 Å². The number of hydrogen-bond acceptors (Lipinski definition) is 3. The van der Waals surface area contributed by atoms with Crippen LogP contribution in [-0.4, -0.2) is 40.6 Å². The van der Waals surface area contributed by atoms with Gasteiger partial charge in [0.15, 0.2) is 0 Å². The third kappa shape index (κ3) is 3.72. The summed E-state index contributed by atoms with van der Waals surface area (Å²) in [7, 11) is 3.48. The number of rotatable bonds is 0. The van der Waals surface area contributed by atoms with Crippen molar-refractivity contribution in [3.8, 4) is 0 Å². The van der Waals surface area contributed by atoms with Crippen molar-refractivity contribution in [3.63, 3.8) is 0 Å². The average Bonchev–Trinajstić information content (AvgIpc) is 2.28. The molecule has 0 atom stereocenters. The maximum absolute atomic E-state index is 10.6. The van der Waals surface area contributed by atoms with E-state index in [9.17, 15) is 9.59 Å². The predicted molar refractivity (Wildman–Crippen MR) is 60.1 cm³/mol. The molecule has 6 heteroatoms. The number of aryl methyl sites for hydroxylation is 1. The lowest BCUT2D eigenvalue weighted by Crippen LogP contribution is -2.43. The second-order valence-electron chi connectivity index (χ2n) is 3.53. The highest BCUT2D eigenvalue weighted by molar-refractivity contribution is 5.74. The number of urea groups is 1. The molecule has 0 aromatic carbocycles. The zero-order chi connectivity index (χ0) is 12.0. The van der Waals surface area contributed by atoms with Crippen molar-refractivity contribution in [2.75, 3.05) is 20.1 Å². The molecule has 1 aromatic heterocycles. The summed E-state index contributed by atoms with van der Waals surface area (Å²) in [5, 5.41) is 2.72. The number of amides is 2. The molecule has 0 bridgehead atoms. The molecule has 2 heterocycles. The molecule has 0 spiro atoms. The second kappa shape index (κ2) is 5.89. The molecule has 1 aliphatic rings. The average molecular weight is 224 g/mol. The van der Waals surface area contributed by atoms with E-state index in [1.165, 1.54) is 10.8 Å². The molecule has 2 amide bonds. The summed E-state index contributed by atoms with van der Waals surface area (Å²) in [6.45, 7) is 1.73. The Bertz CT molecular complexity index is 402. The lowest BCUT2D eigenvalue weighted by atomic mass is 10.3. The van der Waals surface area contributed by atoms with Crippen LogP contribution in [0.2, 0.25) is 0 Å². The Morgan fingerprint density at radius 2 is 2.12 bits per heavy atom. The van der Waals surface area contributed by atoms with Gasteiger partial charge in [0.05, 0.1) is 6.20 Å². The normalized spacial score (nSPS) is 14.9. The van der Waals surface area contributed by atoms with Crippen molar-refractivity contribution >= 4 is 6.03 Å². The molecule has 16 heavy (non-hydrogen) atoms. The van der Waals surface area contributed by atoms with Gasteiger partial charge < -0.3 is 14.8 Å². The summed E-state index contributed by atoms with van der Waals surface area (Å²) in [6.07, 6.45) is 5.53. The minimum atomic E-state index is -0.0764. The number of carbonyl (C=O) groups excluding carboxylic acids is 1. The van der Waals surface area contributed by atoms with Gasteiger partial charge in [-0.1, -0.05) is 0 Å². The lowest BCUT2D eigenvalue weighted by Gasteiger charge is -2.22. The Balaban J connectivity index is 0.000000160. The van der Waals surface area contributed by atoms with Crippen LogP contribution in [0.5, 0.6) is 0 Å². The van der Waals surface area contributed by atoms with Gasteiger partial charge in [-0.2, -0.15) is 0 Å². The van der Waals surface area contributed by atoms with Crippen molar-refractivity contribution in [3.05, 3.63) is 28.9 Å². The molecule has 0 aliphatic carbocycles. The first kappa shape index (κ1) is 12.2. The SMILES string of the molecule is CN1CCCNC1=O.Cn1ccncc1=O. The van der Waals surface area contributed by atoms with Crippen molar-refractivity contribution < 1.29 is 4.79 Å². The van der Waals surface area contributed by atoms with Gasteiger partial charge in [0.1, 0.15) is 0 Å². The summed E-state index contributed by atoms with van der Waals surface area (Å²) < 4.78 is 1.47. The first-order valence-electron chi connectivity index (χ1n) is 5.07. The van der Waals surface area contributed by atoms with E-state index in [0.29, 0.717) is 0 Å². The third-order valence-electron chi connectivity index (χ3n) is 2.20. The zero-order valence-corrected chi connectivity index (χ0v) is 9.51. The van der Waals surface area contributed by atoms with Gasteiger partial charge in [0.2, 0.25) is 0 Å². The Morgan fingerprint density at radius 3 is 2.50 bits per heavy atom. The van der Waals surface area contributed by atoms with Crippen LogP contribution < -0.4 is 10.9 Å². The number of carbonyl (C=O) groups is 1. The van der Waals surface area contributed by atoms with Crippen LogP contribution in [0.15, 0.2) is 23.4 Å². The van der Waals surface area contributed by atoms with E-state index in [1.807, 2.05) is 0 Å². The fourth-order valence-corrected chi connectivity index (χ4v) is 1.16. The fraction of sp³-hybridized carbons (Fsp3) is 0.500. The van der Waals surface area contributed by atoms with E-state index in [-0.39, 0.29) is 11.6 Å². The quantitative estimate of drug-likeness (QED) is 0.664. The summed E-state index contributed by atoms with van der Waals surface area (Å²) in [5.41, 5.74) is -0.0764. The fourth-order valence-electron chi connectivity index (χ4n) is 1.16. The number of aromatic nitrogens is 2. The van der Waals surface area contributed by atoms with E-state index in [4.69, 9.17) is 0 Å². The van der Waals surface area contributed by atoms with Gasteiger partial charge in [-0.15, -0.1) is 0 Å². The molecule has 0 saturated carbocycles. The van der Waals surface area contributed by atoms with Crippen molar-refractivity contribution in [1.29, 1.82) is 0 Å². The molecule has 88 valence electrons. The highest BCUT2D eigenvalue weighted by atomic mass is 16.2. The number of nitrogens with zero attached hydrogens (tertiary/aromatic N) is 3. The molecule has 1 fully saturated rings. The van der Waals surface area contributed by atoms with Crippen LogP contribution in [0.3, 0.4) is 0 Å². The zero-order valence-electron chi connectivity index (χ0n) is 9.51. The third-order valence-corrected chi connectivity index (χ3v) is 2.20. The topological polar surface area (TPSA) is 67.2 Å². The van der Waals surface area contributed by atoms with Crippen molar-refractivity contribution in [2.45, 2.75) is 6.42 Å². The summed E-state index contributed by atoms with van der Waals surface area (Å²) in [6, 6.07) is 0.0521. The Kier molecular flexibility index (Phi) is 4.50. The van der Waals surface area contributed by atoms with Gasteiger partial charge in [-0.05, 0) is 6.42 Å². The van der Waals surface area contributed by atoms with Crippen LogP contribution in [0.1, 0.15) is 6.42 Å². The molecular formula is C10H16N4O2. The van der Waals surface area contributed by atoms with Gasteiger partial charge >= 0.3 is 6.03 Å². The second-order valence-corrected chi connectivity index (χ2v) is 3.53. The molecule has 1 saturated heterocycles. The maximum atomic E-state index is 10.6. The molecule has 2 rings (SSSR count). The van der Waals surface area contributed by atoms with E-state index in [1.54, 1.807) is 31.4 Å². The van der Waals surface area contributed by atoms with E-state index < -0.39 is 0 Å². The van der Waals surface area contributed by atoms with Gasteiger partial charge in [-0.25, -0.2) is 4.79 Å². The van der Waals surface area contributed by atoms with E-state index >= 15 is 0 Å². The molecule has 1 N–H and O–H groups in total. The van der Waals surface area contributed by atoms with Gasteiger partial charge in [-0.3, -0.25) is 9.78 Å². The minimum absolute atomic E-state index is 0.0521. The maximum Gasteiger partial charge on any atom is 0.317 e. The standard InChI is InChI=1S/C5H6N2O.C5H10N2O/c1-7-3-2-6-4-5(7)8;1-7-4-2-3-6-5(7)8/h2-4H,1H3;2-4H2,1H3,(H,6,8). The molecule has 6 nitrogen and oxygen atoms in total. The van der Waals surface area contributed by atoms with Crippen LogP contribution >= 0.6 is 0 Å².